The summed E-state index contributed by atoms with van der Waals surface area (Å²) in [6.45, 7) is 4.20. The van der Waals surface area contributed by atoms with E-state index < -0.39 is 0 Å². The molecule has 0 spiro atoms. The number of rotatable bonds is 9. The molecule has 1 nitrogen and oxygen atoms in total. The van der Waals surface area contributed by atoms with Gasteiger partial charge in [-0.1, -0.05) is 57.9 Å². The Bertz CT molecular complexity index is 198. The van der Waals surface area contributed by atoms with Crippen LogP contribution in [0, 0.1) is 11.3 Å². The van der Waals surface area contributed by atoms with Gasteiger partial charge in [0, 0.05) is 5.57 Å². The second-order valence-corrected chi connectivity index (χ2v) is 4.15. The third kappa shape index (κ3) is 9.53. The van der Waals surface area contributed by atoms with Crippen molar-refractivity contribution in [2.75, 3.05) is 0 Å². The molecule has 0 aliphatic carbocycles. The molecule has 0 aliphatic rings. The minimum absolute atomic E-state index is 0.945. The molecule has 0 aromatic heterocycles. The largest absolute Gasteiger partial charge is 0.193 e. The smallest absolute Gasteiger partial charge is 0.0943 e. The topological polar surface area (TPSA) is 23.8 Å². The third-order valence-corrected chi connectivity index (χ3v) is 2.79. The van der Waals surface area contributed by atoms with Crippen molar-refractivity contribution < 1.29 is 0 Å². The van der Waals surface area contributed by atoms with Crippen LogP contribution >= 0.6 is 0 Å². The van der Waals surface area contributed by atoms with Gasteiger partial charge in [-0.2, -0.15) is 5.26 Å². The zero-order chi connectivity index (χ0) is 11.4. The Balaban J connectivity index is 3.15. The van der Waals surface area contributed by atoms with Gasteiger partial charge in [0.15, 0.2) is 0 Å². The van der Waals surface area contributed by atoms with E-state index in [9.17, 15) is 0 Å². The molecule has 0 bridgehead atoms. The Kier molecular flexibility index (Phi) is 10.7. The van der Waals surface area contributed by atoms with Gasteiger partial charge >= 0.3 is 0 Å². The van der Waals surface area contributed by atoms with Crippen LogP contribution in [0.1, 0.15) is 71.6 Å². The molecule has 0 N–H and O–H groups in total. The first-order chi connectivity index (χ1) is 7.35. The van der Waals surface area contributed by atoms with Crippen LogP contribution < -0.4 is 0 Å². The summed E-state index contributed by atoms with van der Waals surface area (Å²) in [6.07, 6.45) is 13.6. The van der Waals surface area contributed by atoms with Gasteiger partial charge in [0.05, 0.1) is 6.07 Å². The lowest BCUT2D eigenvalue weighted by molar-refractivity contribution is 0.576. The van der Waals surface area contributed by atoms with Crippen LogP contribution in [0.5, 0.6) is 0 Å². The first-order valence-electron chi connectivity index (χ1n) is 6.40. The maximum atomic E-state index is 8.71. The van der Waals surface area contributed by atoms with Gasteiger partial charge in [-0.25, -0.2) is 0 Å². The number of hydrogen-bond acceptors (Lipinski definition) is 1. The van der Waals surface area contributed by atoms with Crippen molar-refractivity contribution in [1.82, 2.24) is 0 Å². The maximum absolute atomic E-state index is 8.71. The zero-order valence-electron chi connectivity index (χ0n) is 10.4. The standard InChI is InChI=1S/C14H25N/c1-3-5-6-7-8-9-10-11-12-14(4-2)13-15/h4H,3,5-12H2,1-2H3. The fraction of sp³-hybridized carbons (Fsp3) is 0.786. The van der Waals surface area contributed by atoms with Crippen LogP contribution in [0.3, 0.4) is 0 Å². The van der Waals surface area contributed by atoms with E-state index in [0.717, 1.165) is 12.0 Å². The lowest BCUT2D eigenvalue weighted by Gasteiger charge is -2.00. The molecule has 0 radical (unpaired) electrons. The van der Waals surface area contributed by atoms with Crippen molar-refractivity contribution in [2.24, 2.45) is 0 Å². The van der Waals surface area contributed by atoms with Crippen molar-refractivity contribution in [3.05, 3.63) is 11.6 Å². The Labute approximate surface area is 95.2 Å². The van der Waals surface area contributed by atoms with E-state index in [4.69, 9.17) is 5.26 Å². The summed E-state index contributed by atoms with van der Waals surface area (Å²) in [5.74, 6) is 0. The van der Waals surface area contributed by atoms with Gasteiger partial charge < -0.3 is 0 Å². The van der Waals surface area contributed by atoms with Crippen LogP contribution in [-0.4, -0.2) is 0 Å². The molecule has 0 rings (SSSR count). The van der Waals surface area contributed by atoms with E-state index in [1.165, 1.54) is 51.4 Å². The fourth-order valence-corrected chi connectivity index (χ4v) is 1.71. The van der Waals surface area contributed by atoms with Crippen LogP contribution in [0.2, 0.25) is 0 Å². The van der Waals surface area contributed by atoms with Crippen molar-refractivity contribution in [1.29, 1.82) is 5.26 Å². The molecule has 0 amide bonds. The summed E-state index contributed by atoms with van der Waals surface area (Å²) in [5.41, 5.74) is 0.945. The summed E-state index contributed by atoms with van der Waals surface area (Å²) in [7, 11) is 0. The maximum Gasteiger partial charge on any atom is 0.0943 e. The van der Waals surface area contributed by atoms with Gasteiger partial charge in [-0.05, 0) is 19.8 Å². The van der Waals surface area contributed by atoms with Crippen LogP contribution in [-0.2, 0) is 0 Å². The number of allylic oxidation sites excluding steroid dienone is 2. The molecule has 0 aliphatic heterocycles. The molecular formula is C14H25N. The SMILES string of the molecule is CC=C(C#N)CCCCCCCCCC. The zero-order valence-corrected chi connectivity index (χ0v) is 10.4. The molecule has 0 fully saturated rings. The monoisotopic (exact) mass is 207 g/mol. The van der Waals surface area contributed by atoms with E-state index >= 15 is 0 Å². The summed E-state index contributed by atoms with van der Waals surface area (Å²) in [4.78, 5) is 0. The quantitative estimate of drug-likeness (QED) is 0.386. The number of unbranched alkanes of at least 4 members (excludes halogenated alkanes) is 7. The van der Waals surface area contributed by atoms with Crippen molar-refractivity contribution in [3.63, 3.8) is 0 Å². The van der Waals surface area contributed by atoms with Crippen molar-refractivity contribution in [2.45, 2.75) is 71.6 Å². The third-order valence-electron chi connectivity index (χ3n) is 2.79. The average Bonchev–Trinajstić information content (AvgIpc) is 2.27. The molecule has 15 heavy (non-hydrogen) atoms. The van der Waals surface area contributed by atoms with Gasteiger partial charge in [-0.15, -0.1) is 0 Å². The number of nitriles is 1. The second kappa shape index (κ2) is 11.3. The van der Waals surface area contributed by atoms with Gasteiger partial charge in [-0.3, -0.25) is 0 Å². The summed E-state index contributed by atoms with van der Waals surface area (Å²) in [6, 6.07) is 2.23. The molecule has 0 aromatic carbocycles. The molecule has 0 atom stereocenters. The molecule has 86 valence electrons. The Hall–Kier alpha value is -0.770. The first-order valence-corrected chi connectivity index (χ1v) is 6.40. The number of nitrogens with zero attached hydrogens (tertiary/aromatic N) is 1. The summed E-state index contributed by atoms with van der Waals surface area (Å²) >= 11 is 0. The summed E-state index contributed by atoms with van der Waals surface area (Å²) < 4.78 is 0. The van der Waals surface area contributed by atoms with Crippen molar-refractivity contribution in [3.8, 4) is 6.07 Å². The Morgan fingerprint density at radius 3 is 2.00 bits per heavy atom. The molecule has 0 unspecified atom stereocenters. The highest BCUT2D eigenvalue weighted by molar-refractivity contribution is 5.18. The predicted octanol–water partition coefficient (Wildman–Crippen LogP) is 4.99. The van der Waals surface area contributed by atoms with Crippen LogP contribution in [0.15, 0.2) is 11.6 Å². The lowest BCUT2D eigenvalue weighted by Crippen LogP contribution is -1.83. The second-order valence-electron chi connectivity index (χ2n) is 4.15. The van der Waals surface area contributed by atoms with Gasteiger partial charge in [0.2, 0.25) is 0 Å². The van der Waals surface area contributed by atoms with Gasteiger partial charge in [0.1, 0.15) is 0 Å². The molecule has 1 heteroatoms. The van der Waals surface area contributed by atoms with E-state index in [1.807, 2.05) is 13.0 Å². The highest BCUT2D eigenvalue weighted by Crippen LogP contribution is 2.12. The van der Waals surface area contributed by atoms with Crippen LogP contribution in [0.25, 0.3) is 0 Å². The molecule has 0 heterocycles. The minimum atomic E-state index is 0.945. The summed E-state index contributed by atoms with van der Waals surface area (Å²) in [5, 5.41) is 8.71. The Morgan fingerprint density at radius 1 is 1.00 bits per heavy atom. The molecule has 0 saturated carbocycles. The molecule has 0 aromatic rings. The van der Waals surface area contributed by atoms with E-state index in [0.29, 0.717) is 0 Å². The Morgan fingerprint density at radius 2 is 1.53 bits per heavy atom. The van der Waals surface area contributed by atoms with E-state index in [2.05, 4.69) is 13.0 Å². The molecule has 0 saturated heterocycles. The fourth-order valence-electron chi connectivity index (χ4n) is 1.71. The van der Waals surface area contributed by atoms with E-state index in [-0.39, 0.29) is 0 Å². The van der Waals surface area contributed by atoms with Crippen molar-refractivity contribution >= 4 is 0 Å². The van der Waals surface area contributed by atoms with Crippen LogP contribution in [0.4, 0.5) is 0 Å². The predicted molar refractivity (Wildman–Crippen MR) is 66.6 cm³/mol. The average molecular weight is 207 g/mol. The minimum Gasteiger partial charge on any atom is -0.193 e. The molecular weight excluding hydrogens is 182 g/mol. The number of hydrogen-bond donors (Lipinski definition) is 0. The normalized spacial score (nSPS) is 11.4. The first kappa shape index (κ1) is 14.2. The highest BCUT2D eigenvalue weighted by atomic mass is 14.2. The van der Waals surface area contributed by atoms with Gasteiger partial charge in [0.25, 0.3) is 0 Å². The lowest BCUT2D eigenvalue weighted by atomic mass is 10.0. The highest BCUT2D eigenvalue weighted by Gasteiger charge is 1.94. The van der Waals surface area contributed by atoms with E-state index in [1.54, 1.807) is 0 Å².